The highest BCUT2D eigenvalue weighted by atomic mass is 32.2. The second-order valence-corrected chi connectivity index (χ2v) is 7.05. The Balaban J connectivity index is 2.26. The topological polar surface area (TPSA) is 49.4 Å². The highest BCUT2D eigenvalue weighted by molar-refractivity contribution is 7.90. The number of hydrogen-bond donors (Lipinski definition) is 1. The van der Waals surface area contributed by atoms with Crippen molar-refractivity contribution >= 4 is 9.84 Å². The van der Waals surface area contributed by atoms with Gasteiger partial charge in [-0.3, -0.25) is 0 Å². The van der Waals surface area contributed by atoms with Crippen LogP contribution in [0, 0.1) is 11.8 Å². The number of sulfone groups is 1. The van der Waals surface area contributed by atoms with Crippen molar-refractivity contribution in [3.63, 3.8) is 0 Å². The van der Waals surface area contributed by atoms with Crippen molar-refractivity contribution in [1.29, 1.82) is 0 Å². The Labute approximate surface area is 93.0 Å². The van der Waals surface area contributed by atoms with E-state index in [2.05, 4.69) is 17.1 Å². The maximum atomic E-state index is 11.0. The van der Waals surface area contributed by atoms with E-state index in [4.69, 9.17) is 0 Å². The Hall–Kier alpha value is -0.130. The molecule has 0 amide bonds. The van der Waals surface area contributed by atoms with Crippen molar-refractivity contribution in [2.45, 2.75) is 6.92 Å². The molecule has 0 aromatic carbocycles. The van der Waals surface area contributed by atoms with Gasteiger partial charge in [-0.25, -0.2) is 8.42 Å². The predicted molar refractivity (Wildman–Crippen MR) is 62.7 cm³/mol. The molecule has 0 bridgehead atoms. The molecule has 1 fully saturated rings. The molecule has 0 unspecified atom stereocenters. The van der Waals surface area contributed by atoms with E-state index in [0.717, 1.165) is 19.6 Å². The Kier molecular flexibility index (Phi) is 4.55. The van der Waals surface area contributed by atoms with Crippen LogP contribution in [0.4, 0.5) is 0 Å². The minimum atomic E-state index is -2.82. The van der Waals surface area contributed by atoms with E-state index in [9.17, 15) is 8.42 Å². The number of hydrogen-bond acceptors (Lipinski definition) is 4. The van der Waals surface area contributed by atoms with Crippen LogP contribution in [0.3, 0.4) is 0 Å². The molecule has 1 aliphatic rings. The van der Waals surface area contributed by atoms with E-state index in [0.29, 0.717) is 18.4 Å². The van der Waals surface area contributed by atoms with Gasteiger partial charge in [0.05, 0.1) is 5.75 Å². The Morgan fingerprint density at radius 2 is 2.07 bits per heavy atom. The third-order valence-electron chi connectivity index (χ3n) is 3.07. The molecule has 1 N–H and O–H groups in total. The molecular weight excluding hydrogens is 212 g/mol. The van der Waals surface area contributed by atoms with Crippen LogP contribution >= 0.6 is 0 Å². The number of nitrogens with one attached hydrogen (secondary N) is 1. The Morgan fingerprint density at radius 1 is 1.40 bits per heavy atom. The standard InChI is InChI=1S/C10H22N2O2S/c1-9-6-11-7-10(9)8-12(2)4-5-15(3,13)14/h9-11H,4-8H2,1-3H3/t9-,10+/m1/s1. The number of nitrogens with zero attached hydrogens (tertiary/aromatic N) is 1. The summed E-state index contributed by atoms with van der Waals surface area (Å²) in [4.78, 5) is 2.12. The summed E-state index contributed by atoms with van der Waals surface area (Å²) >= 11 is 0. The molecule has 0 saturated carbocycles. The third kappa shape index (κ3) is 4.95. The van der Waals surface area contributed by atoms with Crippen molar-refractivity contribution < 1.29 is 8.42 Å². The second-order valence-electron chi connectivity index (χ2n) is 4.79. The fraction of sp³-hybridized carbons (Fsp3) is 1.00. The van der Waals surface area contributed by atoms with Crippen LogP contribution in [-0.2, 0) is 9.84 Å². The van der Waals surface area contributed by atoms with E-state index in [-0.39, 0.29) is 5.75 Å². The van der Waals surface area contributed by atoms with Gasteiger partial charge < -0.3 is 10.2 Å². The van der Waals surface area contributed by atoms with Gasteiger partial charge in [-0.05, 0) is 32.0 Å². The normalized spacial score (nSPS) is 27.5. The maximum absolute atomic E-state index is 11.0. The molecule has 0 aromatic heterocycles. The van der Waals surface area contributed by atoms with Crippen LogP contribution in [-0.4, -0.2) is 58.6 Å². The van der Waals surface area contributed by atoms with Crippen LogP contribution in [0.2, 0.25) is 0 Å². The summed E-state index contributed by atoms with van der Waals surface area (Å²) in [6.45, 7) is 6.02. The molecule has 1 rings (SSSR count). The zero-order chi connectivity index (χ0) is 11.5. The molecule has 0 spiro atoms. The average Bonchev–Trinajstić information content (AvgIpc) is 2.47. The van der Waals surface area contributed by atoms with Gasteiger partial charge in [-0.2, -0.15) is 0 Å². The van der Waals surface area contributed by atoms with Crippen LogP contribution < -0.4 is 5.32 Å². The Morgan fingerprint density at radius 3 is 2.53 bits per heavy atom. The summed E-state index contributed by atoms with van der Waals surface area (Å²) < 4.78 is 22.0. The molecule has 2 atom stereocenters. The molecule has 5 heteroatoms. The van der Waals surface area contributed by atoms with Gasteiger partial charge in [-0.15, -0.1) is 0 Å². The highest BCUT2D eigenvalue weighted by Crippen LogP contribution is 2.16. The van der Waals surface area contributed by atoms with Crippen LogP contribution in [0.5, 0.6) is 0 Å². The lowest BCUT2D eigenvalue weighted by atomic mass is 9.98. The summed E-state index contributed by atoms with van der Waals surface area (Å²) in [6, 6.07) is 0. The van der Waals surface area contributed by atoms with E-state index >= 15 is 0 Å². The fourth-order valence-corrected chi connectivity index (χ4v) is 2.57. The molecule has 1 heterocycles. The predicted octanol–water partition coefficient (Wildman–Crippen LogP) is -0.182. The zero-order valence-corrected chi connectivity index (χ0v) is 10.7. The molecule has 4 nitrogen and oxygen atoms in total. The van der Waals surface area contributed by atoms with Crippen LogP contribution in [0.25, 0.3) is 0 Å². The lowest BCUT2D eigenvalue weighted by Crippen LogP contribution is -2.32. The minimum Gasteiger partial charge on any atom is -0.316 e. The van der Waals surface area contributed by atoms with Crippen molar-refractivity contribution in [3.8, 4) is 0 Å². The van der Waals surface area contributed by atoms with Crippen LogP contribution in [0.1, 0.15) is 6.92 Å². The monoisotopic (exact) mass is 234 g/mol. The van der Waals surface area contributed by atoms with E-state index in [1.54, 1.807) is 0 Å². The van der Waals surface area contributed by atoms with E-state index in [1.165, 1.54) is 6.26 Å². The number of rotatable bonds is 5. The van der Waals surface area contributed by atoms with Gasteiger partial charge in [0.2, 0.25) is 0 Å². The molecule has 1 aliphatic heterocycles. The second kappa shape index (κ2) is 5.27. The average molecular weight is 234 g/mol. The van der Waals surface area contributed by atoms with Gasteiger partial charge in [0.15, 0.2) is 0 Å². The first-order chi connectivity index (χ1) is 6.88. The summed E-state index contributed by atoms with van der Waals surface area (Å²) in [6.07, 6.45) is 1.29. The molecule has 90 valence electrons. The van der Waals surface area contributed by atoms with E-state index < -0.39 is 9.84 Å². The lowest BCUT2D eigenvalue weighted by Gasteiger charge is -2.22. The highest BCUT2D eigenvalue weighted by Gasteiger charge is 2.24. The van der Waals surface area contributed by atoms with Crippen molar-refractivity contribution in [2.24, 2.45) is 11.8 Å². The van der Waals surface area contributed by atoms with Crippen molar-refractivity contribution in [1.82, 2.24) is 10.2 Å². The summed E-state index contributed by atoms with van der Waals surface area (Å²) in [7, 11) is -0.827. The third-order valence-corrected chi connectivity index (χ3v) is 3.99. The van der Waals surface area contributed by atoms with Crippen molar-refractivity contribution in [2.75, 3.05) is 45.2 Å². The molecule has 0 aliphatic carbocycles. The molecule has 0 aromatic rings. The summed E-state index contributed by atoms with van der Waals surface area (Å²) in [5.41, 5.74) is 0. The minimum absolute atomic E-state index is 0.262. The lowest BCUT2D eigenvalue weighted by molar-refractivity contribution is 0.270. The van der Waals surface area contributed by atoms with Gasteiger partial charge >= 0.3 is 0 Å². The molecule has 15 heavy (non-hydrogen) atoms. The first kappa shape index (κ1) is 12.9. The van der Waals surface area contributed by atoms with Crippen molar-refractivity contribution in [3.05, 3.63) is 0 Å². The van der Waals surface area contributed by atoms with Gasteiger partial charge in [0.1, 0.15) is 9.84 Å². The van der Waals surface area contributed by atoms with Crippen LogP contribution in [0.15, 0.2) is 0 Å². The van der Waals surface area contributed by atoms with Gasteiger partial charge in [-0.1, -0.05) is 6.92 Å². The quantitative estimate of drug-likeness (QED) is 0.717. The molecular formula is C10H22N2O2S. The largest absolute Gasteiger partial charge is 0.316 e. The van der Waals surface area contributed by atoms with Gasteiger partial charge in [0, 0.05) is 19.3 Å². The smallest absolute Gasteiger partial charge is 0.148 e. The zero-order valence-electron chi connectivity index (χ0n) is 9.86. The first-order valence-corrected chi connectivity index (χ1v) is 7.51. The molecule has 1 saturated heterocycles. The molecule has 0 radical (unpaired) electrons. The summed E-state index contributed by atoms with van der Waals surface area (Å²) in [5, 5.41) is 3.35. The Bertz CT molecular complexity index is 290. The van der Waals surface area contributed by atoms with Gasteiger partial charge in [0.25, 0.3) is 0 Å². The SMILES string of the molecule is C[C@@H]1CNC[C@H]1CN(C)CCS(C)(=O)=O. The first-order valence-electron chi connectivity index (χ1n) is 5.45. The maximum Gasteiger partial charge on any atom is 0.148 e. The van der Waals surface area contributed by atoms with E-state index in [1.807, 2.05) is 7.05 Å². The summed E-state index contributed by atoms with van der Waals surface area (Å²) in [5.74, 6) is 1.62. The fourth-order valence-electron chi connectivity index (χ4n) is 1.92.